The average Bonchev–Trinajstić information content (AvgIpc) is 2.34. The lowest BCUT2D eigenvalue weighted by Crippen LogP contribution is -2.29. The van der Waals surface area contributed by atoms with Crippen LogP contribution in [0.25, 0.3) is 0 Å². The van der Waals surface area contributed by atoms with Gasteiger partial charge in [-0.05, 0) is 50.8 Å². The molecule has 0 aromatic heterocycles. The topological polar surface area (TPSA) is 29.3 Å². The van der Waals surface area contributed by atoms with Crippen LogP contribution >= 0.6 is 0 Å². The summed E-state index contributed by atoms with van der Waals surface area (Å²) < 4.78 is 0. The van der Waals surface area contributed by atoms with Gasteiger partial charge in [-0.25, -0.2) is 0 Å². The number of anilines is 1. The summed E-state index contributed by atoms with van der Waals surface area (Å²) >= 11 is 0. The Morgan fingerprint density at radius 1 is 1.29 bits per heavy atom. The van der Waals surface area contributed by atoms with Crippen LogP contribution in [0.2, 0.25) is 0 Å². The summed E-state index contributed by atoms with van der Waals surface area (Å²) in [7, 11) is 0. The van der Waals surface area contributed by atoms with Gasteiger partial charge in [-0.15, -0.1) is 0 Å². The number of hydrogen-bond acceptors (Lipinski definition) is 2. The lowest BCUT2D eigenvalue weighted by Gasteiger charge is -2.28. The molecule has 0 saturated heterocycles. The third kappa shape index (κ3) is 4.39. The first-order chi connectivity index (χ1) is 8.19. The fourth-order valence-corrected chi connectivity index (χ4v) is 2.25. The number of nitrogens with zero attached hydrogens (tertiary/aromatic N) is 1. The molecule has 0 aliphatic rings. The molecule has 0 radical (unpaired) electrons. The van der Waals surface area contributed by atoms with Crippen molar-refractivity contribution in [2.24, 2.45) is 11.7 Å². The van der Waals surface area contributed by atoms with E-state index in [0.29, 0.717) is 5.92 Å². The van der Waals surface area contributed by atoms with Crippen molar-refractivity contribution in [1.82, 2.24) is 0 Å². The fraction of sp³-hybridized carbons (Fsp3) is 0.600. The first kappa shape index (κ1) is 14.0. The standard InChI is InChI=1S/C15H26N2/c1-4-17(12-13(2)8-7-11-16)15-10-6-5-9-14(15)3/h5-6,9-10,13H,4,7-8,11-12,16H2,1-3H3. The Bertz CT molecular complexity index is 322. The molecule has 0 amide bonds. The van der Waals surface area contributed by atoms with E-state index in [4.69, 9.17) is 5.73 Å². The molecule has 1 atom stereocenters. The lowest BCUT2D eigenvalue weighted by molar-refractivity contribution is 0.506. The predicted molar refractivity (Wildman–Crippen MR) is 76.5 cm³/mol. The average molecular weight is 234 g/mol. The van der Waals surface area contributed by atoms with Gasteiger partial charge in [-0.3, -0.25) is 0 Å². The van der Waals surface area contributed by atoms with E-state index in [2.05, 4.69) is 49.9 Å². The van der Waals surface area contributed by atoms with Crippen molar-refractivity contribution in [2.75, 3.05) is 24.5 Å². The minimum absolute atomic E-state index is 0.707. The summed E-state index contributed by atoms with van der Waals surface area (Å²) in [5.74, 6) is 0.707. The molecule has 2 heteroatoms. The maximum Gasteiger partial charge on any atom is 0.0395 e. The predicted octanol–water partition coefficient (Wildman–Crippen LogP) is 3.20. The van der Waals surface area contributed by atoms with Crippen molar-refractivity contribution in [3.63, 3.8) is 0 Å². The van der Waals surface area contributed by atoms with Gasteiger partial charge in [0.25, 0.3) is 0 Å². The smallest absolute Gasteiger partial charge is 0.0395 e. The molecule has 17 heavy (non-hydrogen) atoms. The largest absolute Gasteiger partial charge is 0.371 e. The molecule has 0 spiro atoms. The van der Waals surface area contributed by atoms with E-state index in [1.165, 1.54) is 17.7 Å². The third-order valence-corrected chi connectivity index (χ3v) is 3.27. The van der Waals surface area contributed by atoms with Crippen molar-refractivity contribution in [3.05, 3.63) is 29.8 Å². The number of rotatable bonds is 7. The van der Waals surface area contributed by atoms with Crippen molar-refractivity contribution in [2.45, 2.75) is 33.6 Å². The molecule has 0 saturated carbocycles. The molecule has 0 heterocycles. The monoisotopic (exact) mass is 234 g/mol. The first-order valence-electron chi connectivity index (χ1n) is 6.69. The maximum atomic E-state index is 5.56. The van der Waals surface area contributed by atoms with Gasteiger partial charge < -0.3 is 10.6 Å². The fourth-order valence-electron chi connectivity index (χ4n) is 2.25. The van der Waals surface area contributed by atoms with Gasteiger partial charge in [-0.1, -0.05) is 25.1 Å². The number of para-hydroxylation sites is 1. The van der Waals surface area contributed by atoms with Crippen LogP contribution in [0.15, 0.2) is 24.3 Å². The van der Waals surface area contributed by atoms with E-state index < -0.39 is 0 Å². The van der Waals surface area contributed by atoms with Gasteiger partial charge in [0.1, 0.15) is 0 Å². The minimum atomic E-state index is 0.707. The van der Waals surface area contributed by atoms with Crippen LogP contribution in [0.3, 0.4) is 0 Å². The normalized spacial score (nSPS) is 12.5. The highest BCUT2D eigenvalue weighted by atomic mass is 15.1. The second kappa shape index (κ2) is 7.33. The van der Waals surface area contributed by atoms with Gasteiger partial charge in [0, 0.05) is 18.8 Å². The summed E-state index contributed by atoms with van der Waals surface area (Å²) in [4.78, 5) is 2.47. The molecule has 1 aromatic carbocycles. The zero-order chi connectivity index (χ0) is 12.7. The molecule has 0 aliphatic carbocycles. The van der Waals surface area contributed by atoms with Gasteiger partial charge in [0.15, 0.2) is 0 Å². The van der Waals surface area contributed by atoms with Crippen LogP contribution in [-0.4, -0.2) is 19.6 Å². The van der Waals surface area contributed by atoms with E-state index in [-0.39, 0.29) is 0 Å². The summed E-state index contributed by atoms with van der Waals surface area (Å²) in [6, 6.07) is 8.62. The van der Waals surface area contributed by atoms with Gasteiger partial charge in [-0.2, -0.15) is 0 Å². The van der Waals surface area contributed by atoms with Crippen LogP contribution in [0.1, 0.15) is 32.3 Å². The number of benzene rings is 1. The van der Waals surface area contributed by atoms with E-state index in [9.17, 15) is 0 Å². The van der Waals surface area contributed by atoms with Gasteiger partial charge in [0.05, 0.1) is 0 Å². The van der Waals surface area contributed by atoms with Crippen LogP contribution < -0.4 is 10.6 Å². The summed E-state index contributed by atoms with van der Waals surface area (Å²) in [5.41, 5.74) is 8.29. The molecule has 0 bridgehead atoms. The quantitative estimate of drug-likeness (QED) is 0.785. The van der Waals surface area contributed by atoms with E-state index in [0.717, 1.165) is 26.1 Å². The SMILES string of the molecule is CCN(CC(C)CCCN)c1ccccc1C. The molecular formula is C15H26N2. The summed E-state index contributed by atoms with van der Waals surface area (Å²) in [5, 5.41) is 0. The molecule has 0 aliphatic heterocycles. The molecule has 1 unspecified atom stereocenters. The van der Waals surface area contributed by atoms with E-state index >= 15 is 0 Å². The van der Waals surface area contributed by atoms with Crippen LogP contribution in [0, 0.1) is 12.8 Å². The Morgan fingerprint density at radius 2 is 2.00 bits per heavy atom. The molecular weight excluding hydrogens is 208 g/mol. The first-order valence-corrected chi connectivity index (χ1v) is 6.69. The molecule has 1 aromatic rings. The number of hydrogen-bond donors (Lipinski definition) is 1. The zero-order valence-electron chi connectivity index (χ0n) is 11.4. The highest BCUT2D eigenvalue weighted by Gasteiger charge is 2.10. The van der Waals surface area contributed by atoms with Crippen LogP contribution in [0.5, 0.6) is 0 Å². The van der Waals surface area contributed by atoms with E-state index in [1.54, 1.807) is 0 Å². The van der Waals surface area contributed by atoms with Crippen molar-refractivity contribution < 1.29 is 0 Å². The zero-order valence-corrected chi connectivity index (χ0v) is 11.4. The minimum Gasteiger partial charge on any atom is -0.371 e. The van der Waals surface area contributed by atoms with Gasteiger partial charge >= 0.3 is 0 Å². The van der Waals surface area contributed by atoms with Crippen LogP contribution in [0.4, 0.5) is 5.69 Å². The Kier molecular flexibility index (Phi) is 6.06. The van der Waals surface area contributed by atoms with Crippen molar-refractivity contribution in [3.8, 4) is 0 Å². The Morgan fingerprint density at radius 3 is 2.59 bits per heavy atom. The summed E-state index contributed by atoms with van der Waals surface area (Å²) in [6.45, 7) is 9.72. The molecule has 96 valence electrons. The maximum absolute atomic E-state index is 5.56. The molecule has 0 fully saturated rings. The number of nitrogens with two attached hydrogens (primary N) is 1. The Hall–Kier alpha value is -1.02. The Labute approximate surface area is 106 Å². The van der Waals surface area contributed by atoms with Gasteiger partial charge in [0.2, 0.25) is 0 Å². The number of aryl methyl sites for hydroxylation is 1. The highest BCUT2D eigenvalue weighted by Crippen LogP contribution is 2.21. The second-order valence-electron chi connectivity index (χ2n) is 4.86. The van der Waals surface area contributed by atoms with Crippen molar-refractivity contribution >= 4 is 5.69 Å². The van der Waals surface area contributed by atoms with E-state index in [1.807, 2.05) is 0 Å². The molecule has 2 N–H and O–H groups in total. The second-order valence-corrected chi connectivity index (χ2v) is 4.86. The van der Waals surface area contributed by atoms with Crippen LogP contribution in [-0.2, 0) is 0 Å². The lowest BCUT2D eigenvalue weighted by atomic mass is 10.0. The summed E-state index contributed by atoms with van der Waals surface area (Å²) in [6.07, 6.45) is 2.35. The molecule has 2 nitrogen and oxygen atoms in total. The van der Waals surface area contributed by atoms with Crippen molar-refractivity contribution in [1.29, 1.82) is 0 Å². The highest BCUT2D eigenvalue weighted by molar-refractivity contribution is 5.52. The third-order valence-electron chi connectivity index (χ3n) is 3.27. The molecule has 1 rings (SSSR count). The Balaban J connectivity index is 2.62.